The topological polar surface area (TPSA) is 79.2 Å². The Balaban J connectivity index is 1.71. The molecule has 40 heavy (non-hydrogen) atoms. The van der Waals surface area contributed by atoms with Crippen LogP contribution in [0.4, 0.5) is 5.69 Å². The van der Waals surface area contributed by atoms with E-state index in [1.165, 1.54) is 11.1 Å². The molecule has 1 aliphatic heterocycles. The highest BCUT2D eigenvalue weighted by Gasteiger charge is 2.36. The number of aliphatic hydroxyl groups excluding tert-OH is 1. The molecule has 4 rings (SSSR count). The predicted octanol–water partition coefficient (Wildman–Crippen LogP) is 6.65. The molecule has 0 aromatic heterocycles. The maximum absolute atomic E-state index is 13.1. The van der Waals surface area contributed by atoms with Gasteiger partial charge in [0.1, 0.15) is 5.75 Å². The summed E-state index contributed by atoms with van der Waals surface area (Å²) in [6, 6.07) is 11.4. The lowest BCUT2D eigenvalue weighted by Crippen LogP contribution is -2.42. The molecule has 0 saturated heterocycles. The number of fused-ring (bicyclic) bond motifs is 2. The number of nitrogens with zero attached hydrogens (tertiary/aromatic N) is 2. The number of benzene rings is 2. The molecule has 0 bridgehead atoms. The summed E-state index contributed by atoms with van der Waals surface area (Å²) in [7, 11) is -2.02. The molecular weight excluding hydrogens is 544 g/mol. The Bertz CT molecular complexity index is 1310. The number of halogens is 1. The van der Waals surface area contributed by atoms with Crippen LogP contribution in [0.1, 0.15) is 60.5 Å². The van der Waals surface area contributed by atoms with E-state index >= 15 is 0 Å². The summed E-state index contributed by atoms with van der Waals surface area (Å²) in [6.45, 7) is 11.4. The van der Waals surface area contributed by atoms with Gasteiger partial charge in [-0.2, -0.15) is 4.36 Å². The molecule has 1 amide bonds. The van der Waals surface area contributed by atoms with Crippen LogP contribution < -0.4 is 9.64 Å². The number of aryl methyl sites for hydroxylation is 1. The van der Waals surface area contributed by atoms with Crippen LogP contribution >= 0.6 is 11.6 Å². The van der Waals surface area contributed by atoms with E-state index in [2.05, 4.69) is 28.5 Å². The van der Waals surface area contributed by atoms with Gasteiger partial charge in [0.2, 0.25) is 0 Å². The summed E-state index contributed by atoms with van der Waals surface area (Å²) in [4.78, 5) is 15.4. The number of hydrogen-bond acceptors (Lipinski definition) is 5. The first kappa shape index (κ1) is 30.4. The zero-order chi connectivity index (χ0) is 28.6. The minimum absolute atomic E-state index is 0.142. The smallest absolute Gasteiger partial charge is 0.284 e. The van der Waals surface area contributed by atoms with Crippen molar-refractivity contribution in [2.75, 3.05) is 23.8 Å². The van der Waals surface area contributed by atoms with E-state index in [0.29, 0.717) is 36.8 Å². The van der Waals surface area contributed by atoms with Gasteiger partial charge in [-0.05, 0) is 97.7 Å². The summed E-state index contributed by atoms with van der Waals surface area (Å²) < 4.78 is 22.9. The van der Waals surface area contributed by atoms with Gasteiger partial charge in [-0.15, -0.1) is 13.2 Å². The largest absolute Gasteiger partial charge is 0.491 e. The third-order valence-corrected chi connectivity index (χ3v) is 9.60. The molecule has 1 aliphatic carbocycles. The van der Waals surface area contributed by atoms with Crippen molar-refractivity contribution in [3.63, 3.8) is 0 Å². The van der Waals surface area contributed by atoms with Crippen LogP contribution in [0.15, 0.2) is 66.1 Å². The fraction of sp³-hybridized carbons (Fsp3) is 0.469. The van der Waals surface area contributed by atoms with Gasteiger partial charge in [-0.1, -0.05) is 36.7 Å². The van der Waals surface area contributed by atoms with Crippen molar-refractivity contribution in [1.82, 2.24) is 0 Å². The van der Waals surface area contributed by atoms with Crippen molar-refractivity contribution in [3.05, 3.63) is 83.4 Å². The Morgan fingerprint density at radius 2 is 2.05 bits per heavy atom. The molecule has 2 aromatic rings. The lowest BCUT2D eigenvalue weighted by Gasteiger charge is -2.42. The normalized spacial score (nSPS) is 21.4. The van der Waals surface area contributed by atoms with E-state index in [9.17, 15) is 14.1 Å². The first-order chi connectivity index (χ1) is 19.3. The monoisotopic (exact) mass is 584 g/mol. The van der Waals surface area contributed by atoms with Crippen LogP contribution in [0.25, 0.3) is 0 Å². The Morgan fingerprint density at radius 1 is 1.23 bits per heavy atom. The molecule has 1 saturated carbocycles. The maximum atomic E-state index is 13.1. The minimum Gasteiger partial charge on any atom is -0.491 e. The molecule has 1 fully saturated rings. The molecule has 216 valence electrons. The average molecular weight is 585 g/mol. The van der Waals surface area contributed by atoms with Crippen molar-refractivity contribution in [2.45, 2.75) is 58.1 Å². The highest BCUT2D eigenvalue weighted by atomic mass is 35.5. The molecule has 2 aromatic carbocycles. The van der Waals surface area contributed by atoms with Crippen molar-refractivity contribution in [1.29, 1.82) is 0 Å². The summed E-state index contributed by atoms with van der Waals surface area (Å²) in [6.07, 6.45) is 8.33. The average Bonchev–Trinajstić information content (AvgIpc) is 2.93. The SMILES string of the molecule is C=CC[C@H](C)C/[SH](=O)=N\C(=O)c1ccc2c(c1)N(C[C@@H]1CC[C@H]1[C@@H](O)C=C)Cc1ccc(Cl)cc1CCCCO2. The highest BCUT2D eigenvalue weighted by molar-refractivity contribution is 7.75. The van der Waals surface area contributed by atoms with Crippen molar-refractivity contribution in [2.24, 2.45) is 22.1 Å². The third kappa shape index (κ3) is 7.77. The van der Waals surface area contributed by atoms with E-state index in [-0.39, 0.29) is 17.8 Å². The second-order valence-electron chi connectivity index (χ2n) is 11.1. The van der Waals surface area contributed by atoms with Crippen LogP contribution in [-0.4, -0.2) is 40.2 Å². The van der Waals surface area contributed by atoms with E-state index in [4.69, 9.17) is 16.3 Å². The van der Waals surface area contributed by atoms with Crippen molar-refractivity contribution in [3.8, 4) is 5.75 Å². The number of ether oxygens (including phenoxy) is 1. The van der Waals surface area contributed by atoms with Gasteiger partial charge in [0.25, 0.3) is 5.91 Å². The van der Waals surface area contributed by atoms with E-state index in [1.54, 1.807) is 18.2 Å². The molecule has 8 heteroatoms. The molecule has 5 atom stereocenters. The van der Waals surface area contributed by atoms with Crippen LogP contribution in [-0.2, 0) is 23.6 Å². The molecule has 0 spiro atoms. The van der Waals surface area contributed by atoms with Gasteiger partial charge in [0.05, 0.1) is 18.4 Å². The van der Waals surface area contributed by atoms with Gasteiger partial charge in [-0.3, -0.25) is 9.00 Å². The zero-order valence-corrected chi connectivity index (χ0v) is 25.0. The van der Waals surface area contributed by atoms with Crippen LogP contribution in [0.3, 0.4) is 0 Å². The van der Waals surface area contributed by atoms with E-state index in [0.717, 1.165) is 49.2 Å². The Kier molecular flexibility index (Phi) is 10.9. The van der Waals surface area contributed by atoms with Crippen molar-refractivity contribution < 1.29 is 18.8 Å². The standard InChI is InChI=1S/C32H41ClN2O4S/c1-4-8-22(3)21-40(38)34-32(37)24-12-15-31-29(18-24)35(20-26-11-14-28(26)30(36)5-2)19-25-10-13-27(33)17-23(25)9-6-7-16-39-31/h4-5,10,12-13,15,17-18,22,26,28,30,36,40H,1-2,6-9,11,14,16,19-21H2,3H3/t22-,26-,28+,30-/m0/s1. The van der Waals surface area contributed by atoms with Crippen LogP contribution in [0.5, 0.6) is 5.75 Å². The van der Waals surface area contributed by atoms with E-state index < -0.39 is 22.6 Å². The minimum atomic E-state index is -2.02. The second-order valence-corrected chi connectivity index (χ2v) is 12.8. The second kappa shape index (κ2) is 14.3. The number of amides is 1. The van der Waals surface area contributed by atoms with Gasteiger partial charge >= 0.3 is 0 Å². The quantitative estimate of drug-likeness (QED) is 0.255. The van der Waals surface area contributed by atoms with E-state index in [1.807, 2.05) is 31.2 Å². The molecule has 6 nitrogen and oxygen atoms in total. The molecule has 1 unspecified atom stereocenters. The zero-order valence-electron chi connectivity index (χ0n) is 23.3. The number of anilines is 1. The number of carbonyl (C=O) groups excluding carboxylic acids is 1. The van der Waals surface area contributed by atoms with Gasteiger partial charge in [0, 0.05) is 40.0 Å². The fourth-order valence-electron chi connectivity index (χ4n) is 5.61. The lowest BCUT2D eigenvalue weighted by atomic mass is 9.70. The Hall–Kier alpha value is -2.61. The lowest BCUT2D eigenvalue weighted by molar-refractivity contribution is 0.0464. The molecule has 0 radical (unpaired) electrons. The van der Waals surface area contributed by atoms with Crippen LogP contribution in [0, 0.1) is 17.8 Å². The summed E-state index contributed by atoms with van der Waals surface area (Å²) >= 11 is 6.37. The number of allylic oxidation sites excluding steroid dienone is 1. The number of carbonyl (C=O) groups is 1. The maximum Gasteiger partial charge on any atom is 0.284 e. The van der Waals surface area contributed by atoms with Gasteiger partial charge in [0.15, 0.2) is 0 Å². The van der Waals surface area contributed by atoms with Gasteiger partial charge in [-0.25, -0.2) is 0 Å². The van der Waals surface area contributed by atoms with Crippen LogP contribution in [0.2, 0.25) is 5.02 Å². The molecule has 1 heterocycles. The third-order valence-electron chi connectivity index (χ3n) is 8.02. The fourth-order valence-corrected chi connectivity index (χ4v) is 6.89. The summed E-state index contributed by atoms with van der Waals surface area (Å²) in [5, 5.41) is 11.2. The first-order valence-electron chi connectivity index (χ1n) is 14.2. The Labute approximate surface area is 245 Å². The number of hydrogen-bond donors (Lipinski definition) is 2. The van der Waals surface area contributed by atoms with Crippen molar-refractivity contribution >= 4 is 33.8 Å². The number of thiol groups is 1. The summed E-state index contributed by atoms with van der Waals surface area (Å²) in [5.41, 5.74) is 3.58. The summed E-state index contributed by atoms with van der Waals surface area (Å²) in [5.74, 6) is 1.13. The predicted molar refractivity (Wildman–Crippen MR) is 165 cm³/mol. The molecular formula is C32H41ClN2O4S. The highest BCUT2D eigenvalue weighted by Crippen LogP contribution is 2.41. The number of aliphatic hydroxyl groups is 1. The molecule has 1 N–H and O–H groups in total. The molecule has 2 aliphatic rings. The number of rotatable bonds is 9. The first-order valence-corrected chi connectivity index (χ1v) is 16.0. The van der Waals surface area contributed by atoms with Gasteiger partial charge < -0.3 is 14.7 Å². The Morgan fingerprint density at radius 3 is 2.77 bits per heavy atom.